The van der Waals surface area contributed by atoms with Gasteiger partial charge in [0.2, 0.25) is 0 Å². The lowest BCUT2D eigenvalue weighted by atomic mass is 9.86. The quantitative estimate of drug-likeness (QED) is 0.612. The third-order valence-corrected chi connectivity index (χ3v) is 2.23. The fraction of sp³-hybridized carbons (Fsp3) is 0.429. The van der Waals surface area contributed by atoms with Gasteiger partial charge in [0.15, 0.2) is 0 Å². The molecule has 0 fully saturated rings. The van der Waals surface area contributed by atoms with Crippen molar-refractivity contribution in [2.45, 2.75) is 40.0 Å². The summed E-state index contributed by atoms with van der Waals surface area (Å²) >= 11 is 0. The Bertz CT molecular complexity index is 316. The van der Waals surface area contributed by atoms with Gasteiger partial charge in [-0.1, -0.05) is 56.7 Å². The molecule has 0 nitrogen and oxygen atoms in total. The van der Waals surface area contributed by atoms with Gasteiger partial charge in [-0.15, -0.1) is 0 Å². The van der Waals surface area contributed by atoms with Crippen LogP contribution in [-0.2, 0) is 5.41 Å². The lowest BCUT2D eigenvalue weighted by Gasteiger charge is -2.18. The average molecular weight is 188 g/mol. The number of hydrogen-bond donors (Lipinski definition) is 0. The van der Waals surface area contributed by atoms with Crippen LogP contribution >= 0.6 is 0 Å². The van der Waals surface area contributed by atoms with Crippen molar-refractivity contribution in [3.05, 3.63) is 41.0 Å². The molecule has 0 aromatic heterocycles. The zero-order valence-electron chi connectivity index (χ0n) is 9.89. The van der Waals surface area contributed by atoms with E-state index in [4.69, 9.17) is 0 Å². The Morgan fingerprint density at radius 3 is 1.86 bits per heavy atom. The lowest BCUT2D eigenvalue weighted by molar-refractivity contribution is 0.590. The van der Waals surface area contributed by atoms with Crippen LogP contribution in [0.5, 0.6) is 0 Å². The number of allylic oxidation sites excluding steroid dienone is 1. The Hall–Kier alpha value is -1.04. The summed E-state index contributed by atoms with van der Waals surface area (Å²) in [5.41, 5.74) is 4.28. The van der Waals surface area contributed by atoms with Crippen molar-refractivity contribution in [3.63, 3.8) is 0 Å². The third-order valence-electron chi connectivity index (χ3n) is 2.23. The molecule has 0 saturated heterocycles. The first-order chi connectivity index (χ1) is 6.39. The van der Waals surface area contributed by atoms with E-state index in [0.717, 1.165) is 0 Å². The monoisotopic (exact) mass is 188 g/mol. The molecule has 0 amide bonds. The SMILES string of the molecule is CC(C)=Cc1ccc(C(C)(C)C)cc1. The Morgan fingerprint density at radius 2 is 1.50 bits per heavy atom. The molecule has 0 aliphatic heterocycles. The highest BCUT2D eigenvalue weighted by atomic mass is 14.2. The van der Waals surface area contributed by atoms with E-state index in [-0.39, 0.29) is 5.41 Å². The summed E-state index contributed by atoms with van der Waals surface area (Å²) in [7, 11) is 0. The molecular formula is C14H20. The van der Waals surface area contributed by atoms with Crippen LogP contribution in [0, 0.1) is 0 Å². The molecule has 1 aromatic carbocycles. The molecule has 0 spiro atoms. The molecule has 1 rings (SSSR count). The van der Waals surface area contributed by atoms with Crippen LogP contribution in [0.2, 0.25) is 0 Å². The second-order valence-electron chi connectivity index (χ2n) is 5.09. The molecule has 0 bridgehead atoms. The van der Waals surface area contributed by atoms with Crippen molar-refractivity contribution in [2.75, 3.05) is 0 Å². The van der Waals surface area contributed by atoms with Gasteiger partial charge in [-0.3, -0.25) is 0 Å². The minimum absolute atomic E-state index is 0.253. The highest BCUT2D eigenvalue weighted by Gasteiger charge is 2.12. The molecule has 76 valence electrons. The molecule has 0 N–H and O–H groups in total. The second-order valence-corrected chi connectivity index (χ2v) is 5.09. The summed E-state index contributed by atoms with van der Waals surface area (Å²) in [6.07, 6.45) is 2.20. The van der Waals surface area contributed by atoms with Crippen molar-refractivity contribution in [2.24, 2.45) is 0 Å². The maximum Gasteiger partial charge on any atom is -0.0132 e. The van der Waals surface area contributed by atoms with Gasteiger partial charge in [-0.25, -0.2) is 0 Å². The topological polar surface area (TPSA) is 0 Å². The van der Waals surface area contributed by atoms with Crippen LogP contribution in [-0.4, -0.2) is 0 Å². The highest BCUT2D eigenvalue weighted by molar-refractivity contribution is 5.52. The maximum absolute atomic E-state index is 2.24. The van der Waals surface area contributed by atoms with Crippen molar-refractivity contribution in [1.29, 1.82) is 0 Å². The van der Waals surface area contributed by atoms with E-state index in [1.54, 1.807) is 0 Å². The number of hydrogen-bond acceptors (Lipinski definition) is 0. The fourth-order valence-electron chi connectivity index (χ4n) is 1.41. The largest absolute Gasteiger partial charge is 0.0758 e. The van der Waals surface area contributed by atoms with Crippen molar-refractivity contribution in [3.8, 4) is 0 Å². The van der Waals surface area contributed by atoms with Crippen LogP contribution in [0.4, 0.5) is 0 Å². The first kappa shape index (κ1) is 11.0. The van der Waals surface area contributed by atoms with Crippen LogP contribution in [0.15, 0.2) is 29.8 Å². The van der Waals surface area contributed by atoms with Crippen molar-refractivity contribution >= 4 is 6.08 Å². The Kier molecular flexibility index (Phi) is 3.15. The lowest BCUT2D eigenvalue weighted by Crippen LogP contribution is -2.10. The van der Waals surface area contributed by atoms with Gasteiger partial charge in [0.25, 0.3) is 0 Å². The Morgan fingerprint density at radius 1 is 1.00 bits per heavy atom. The van der Waals surface area contributed by atoms with E-state index in [9.17, 15) is 0 Å². The molecular weight excluding hydrogens is 168 g/mol. The van der Waals surface area contributed by atoms with Gasteiger partial charge >= 0.3 is 0 Å². The molecule has 0 heteroatoms. The number of benzene rings is 1. The van der Waals surface area contributed by atoms with Gasteiger partial charge in [-0.05, 0) is 30.4 Å². The Labute approximate surface area is 87.7 Å². The summed E-state index contributed by atoms with van der Waals surface area (Å²) in [4.78, 5) is 0. The van der Waals surface area contributed by atoms with Gasteiger partial charge in [-0.2, -0.15) is 0 Å². The van der Waals surface area contributed by atoms with E-state index in [1.807, 2.05) is 0 Å². The molecule has 0 unspecified atom stereocenters. The van der Waals surface area contributed by atoms with E-state index < -0.39 is 0 Å². The van der Waals surface area contributed by atoms with Crippen molar-refractivity contribution < 1.29 is 0 Å². The summed E-state index contributed by atoms with van der Waals surface area (Å²) in [6, 6.07) is 8.81. The molecule has 0 saturated carbocycles. The van der Waals surface area contributed by atoms with Gasteiger partial charge in [0, 0.05) is 0 Å². The first-order valence-electron chi connectivity index (χ1n) is 5.15. The average Bonchev–Trinajstić information content (AvgIpc) is 2.02. The van der Waals surface area contributed by atoms with Crippen LogP contribution in [0.3, 0.4) is 0 Å². The van der Waals surface area contributed by atoms with E-state index >= 15 is 0 Å². The summed E-state index contributed by atoms with van der Waals surface area (Å²) in [6.45, 7) is 11.0. The molecule has 0 heterocycles. The second kappa shape index (κ2) is 4.00. The third kappa shape index (κ3) is 3.02. The summed E-state index contributed by atoms with van der Waals surface area (Å²) in [5.74, 6) is 0. The summed E-state index contributed by atoms with van der Waals surface area (Å²) in [5, 5.41) is 0. The fourth-order valence-corrected chi connectivity index (χ4v) is 1.41. The minimum Gasteiger partial charge on any atom is -0.0758 e. The predicted molar refractivity (Wildman–Crippen MR) is 64.5 cm³/mol. The maximum atomic E-state index is 2.24. The predicted octanol–water partition coefficient (Wildman–Crippen LogP) is 4.41. The highest BCUT2D eigenvalue weighted by Crippen LogP contribution is 2.22. The smallest absolute Gasteiger partial charge is 0.0132 e. The van der Waals surface area contributed by atoms with E-state index in [0.29, 0.717) is 0 Å². The minimum atomic E-state index is 0.253. The van der Waals surface area contributed by atoms with E-state index in [2.05, 4.69) is 65.0 Å². The zero-order chi connectivity index (χ0) is 10.8. The first-order valence-corrected chi connectivity index (χ1v) is 5.15. The van der Waals surface area contributed by atoms with Gasteiger partial charge in [0.05, 0.1) is 0 Å². The molecule has 1 aromatic rings. The van der Waals surface area contributed by atoms with E-state index in [1.165, 1.54) is 16.7 Å². The zero-order valence-corrected chi connectivity index (χ0v) is 9.89. The molecule has 0 radical (unpaired) electrons. The Balaban J connectivity index is 2.95. The van der Waals surface area contributed by atoms with Crippen LogP contribution < -0.4 is 0 Å². The number of rotatable bonds is 1. The van der Waals surface area contributed by atoms with Gasteiger partial charge < -0.3 is 0 Å². The van der Waals surface area contributed by atoms with Crippen LogP contribution in [0.25, 0.3) is 6.08 Å². The molecule has 0 atom stereocenters. The summed E-state index contributed by atoms with van der Waals surface area (Å²) < 4.78 is 0. The molecule has 0 aliphatic carbocycles. The standard InChI is InChI=1S/C14H20/c1-11(2)10-12-6-8-13(9-7-12)14(3,4)5/h6-10H,1-5H3. The molecule has 14 heavy (non-hydrogen) atoms. The van der Waals surface area contributed by atoms with Gasteiger partial charge in [0.1, 0.15) is 0 Å². The van der Waals surface area contributed by atoms with Crippen LogP contribution in [0.1, 0.15) is 45.7 Å². The normalized spacial score (nSPS) is 11.2. The molecule has 0 aliphatic rings. The van der Waals surface area contributed by atoms with Crippen molar-refractivity contribution in [1.82, 2.24) is 0 Å².